The Labute approximate surface area is 151 Å². The minimum Gasteiger partial charge on any atom is -0.455 e. The first-order valence-corrected chi connectivity index (χ1v) is 9.13. The van der Waals surface area contributed by atoms with Crippen LogP contribution in [0.4, 0.5) is 22.7 Å². The highest BCUT2D eigenvalue weighted by Crippen LogP contribution is 2.33. The first kappa shape index (κ1) is 17.4. The molecule has 3 aromatic carbocycles. The Bertz CT molecular complexity index is 1020. The molecular weight excluding hydrogens is 352 g/mol. The fraction of sp³-hybridized carbons (Fsp3) is 0. The third-order valence-corrected chi connectivity index (χ3v) is 4.93. The summed E-state index contributed by atoms with van der Waals surface area (Å²) in [6.07, 6.45) is 0. The highest BCUT2D eigenvalue weighted by atomic mass is 32.2. The van der Waals surface area contributed by atoms with Crippen molar-refractivity contribution in [2.24, 2.45) is 0 Å². The van der Waals surface area contributed by atoms with Gasteiger partial charge in [0.2, 0.25) is 0 Å². The Hall–Kier alpha value is -3.39. The van der Waals surface area contributed by atoms with Crippen LogP contribution in [-0.2, 0) is 10.0 Å². The molecule has 0 fully saturated rings. The minimum absolute atomic E-state index is 0.0764. The Morgan fingerprint density at radius 2 is 1.27 bits per heavy atom. The molecule has 8 heteroatoms. The molecule has 7 nitrogen and oxygen atoms in total. The van der Waals surface area contributed by atoms with Gasteiger partial charge in [-0.1, -0.05) is 0 Å². The van der Waals surface area contributed by atoms with E-state index in [9.17, 15) is 8.42 Å². The Morgan fingerprint density at radius 3 is 1.88 bits per heavy atom. The van der Waals surface area contributed by atoms with Gasteiger partial charge in [-0.25, -0.2) is 8.42 Å². The number of nitrogens with two attached hydrogens (primary N) is 3. The van der Waals surface area contributed by atoms with Gasteiger partial charge in [-0.2, -0.15) is 0 Å². The normalized spacial score (nSPS) is 11.1. The number of nitrogen functional groups attached to an aromatic ring is 3. The molecule has 134 valence electrons. The first-order valence-electron chi connectivity index (χ1n) is 7.65. The summed E-state index contributed by atoms with van der Waals surface area (Å²) in [5.41, 5.74) is 18.7. The molecule has 0 saturated carbocycles. The van der Waals surface area contributed by atoms with E-state index in [1.54, 1.807) is 36.4 Å². The van der Waals surface area contributed by atoms with E-state index < -0.39 is 10.0 Å². The average molecular weight is 370 g/mol. The zero-order valence-electron chi connectivity index (χ0n) is 13.7. The molecule has 0 radical (unpaired) electrons. The largest absolute Gasteiger partial charge is 0.455 e. The zero-order valence-corrected chi connectivity index (χ0v) is 14.5. The number of anilines is 4. The molecule has 0 amide bonds. The highest BCUT2D eigenvalue weighted by molar-refractivity contribution is 7.92. The van der Waals surface area contributed by atoms with Gasteiger partial charge in [-0.05, 0) is 66.7 Å². The SMILES string of the molecule is Nc1ccc(Oc2ccc(N)cc2NS(=O)(=O)c2ccc(N)cc2)cc1. The van der Waals surface area contributed by atoms with Crippen molar-refractivity contribution in [2.75, 3.05) is 21.9 Å². The summed E-state index contributed by atoms with van der Waals surface area (Å²) >= 11 is 0. The van der Waals surface area contributed by atoms with Crippen molar-refractivity contribution in [2.45, 2.75) is 4.90 Å². The van der Waals surface area contributed by atoms with E-state index in [-0.39, 0.29) is 10.6 Å². The van der Waals surface area contributed by atoms with Crippen molar-refractivity contribution < 1.29 is 13.2 Å². The smallest absolute Gasteiger partial charge is 0.262 e. The topological polar surface area (TPSA) is 133 Å². The molecule has 3 rings (SSSR count). The van der Waals surface area contributed by atoms with Crippen LogP contribution in [0.3, 0.4) is 0 Å². The van der Waals surface area contributed by atoms with Crippen LogP contribution in [0.15, 0.2) is 71.6 Å². The molecule has 0 bridgehead atoms. The average Bonchev–Trinajstić information content (AvgIpc) is 2.59. The van der Waals surface area contributed by atoms with Gasteiger partial charge >= 0.3 is 0 Å². The van der Waals surface area contributed by atoms with Crippen molar-refractivity contribution in [3.8, 4) is 11.5 Å². The van der Waals surface area contributed by atoms with Crippen molar-refractivity contribution in [3.05, 3.63) is 66.7 Å². The van der Waals surface area contributed by atoms with E-state index in [0.717, 1.165) is 0 Å². The molecule has 7 N–H and O–H groups in total. The van der Waals surface area contributed by atoms with Gasteiger partial charge in [0.1, 0.15) is 5.75 Å². The summed E-state index contributed by atoms with van der Waals surface area (Å²) in [4.78, 5) is 0.0764. The van der Waals surface area contributed by atoms with Crippen LogP contribution in [0.2, 0.25) is 0 Å². The second-order valence-corrected chi connectivity index (χ2v) is 7.28. The molecular formula is C18H18N4O3S. The van der Waals surface area contributed by atoms with Crippen LogP contribution in [0, 0.1) is 0 Å². The van der Waals surface area contributed by atoms with Crippen LogP contribution in [-0.4, -0.2) is 8.42 Å². The van der Waals surface area contributed by atoms with Crippen molar-refractivity contribution in [1.82, 2.24) is 0 Å². The van der Waals surface area contributed by atoms with Gasteiger partial charge in [0.05, 0.1) is 10.6 Å². The first-order chi connectivity index (χ1) is 12.3. The molecule has 0 aliphatic rings. The summed E-state index contributed by atoms with van der Waals surface area (Å²) in [6, 6.07) is 17.3. The van der Waals surface area contributed by atoms with Gasteiger partial charge in [-0.3, -0.25) is 4.72 Å². The zero-order chi connectivity index (χ0) is 18.7. The van der Waals surface area contributed by atoms with Crippen LogP contribution in [0.1, 0.15) is 0 Å². The van der Waals surface area contributed by atoms with E-state index in [2.05, 4.69) is 4.72 Å². The summed E-state index contributed by atoms with van der Waals surface area (Å²) in [5.74, 6) is 0.819. The monoisotopic (exact) mass is 370 g/mol. The Kier molecular flexibility index (Phi) is 4.59. The predicted molar refractivity (Wildman–Crippen MR) is 103 cm³/mol. The van der Waals surface area contributed by atoms with E-state index in [1.807, 2.05) is 0 Å². The third kappa shape index (κ3) is 3.98. The summed E-state index contributed by atoms with van der Waals surface area (Å²) in [6.45, 7) is 0. The third-order valence-electron chi connectivity index (χ3n) is 3.55. The second-order valence-electron chi connectivity index (χ2n) is 5.60. The lowest BCUT2D eigenvalue weighted by Gasteiger charge is -2.14. The van der Waals surface area contributed by atoms with Crippen LogP contribution in [0.25, 0.3) is 0 Å². The molecule has 0 spiro atoms. The fourth-order valence-corrected chi connectivity index (χ4v) is 3.29. The van der Waals surface area contributed by atoms with Gasteiger partial charge in [-0.15, -0.1) is 0 Å². The molecule has 0 atom stereocenters. The lowest BCUT2D eigenvalue weighted by Crippen LogP contribution is -2.13. The Balaban J connectivity index is 1.92. The molecule has 0 aliphatic carbocycles. The number of ether oxygens (including phenoxy) is 1. The van der Waals surface area contributed by atoms with Crippen LogP contribution < -0.4 is 26.7 Å². The lowest BCUT2D eigenvalue weighted by atomic mass is 10.2. The van der Waals surface area contributed by atoms with Gasteiger partial charge in [0.15, 0.2) is 5.75 Å². The number of benzene rings is 3. The van der Waals surface area contributed by atoms with Crippen molar-refractivity contribution in [1.29, 1.82) is 0 Å². The van der Waals surface area contributed by atoms with Crippen molar-refractivity contribution in [3.63, 3.8) is 0 Å². The molecule has 0 unspecified atom stereocenters. The van der Waals surface area contributed by atoms with Crippen LogP contribution in [0.5, 0.6) is 11.5 Å². The fourth-order valence-electron chi connectivity index (χ4n) is 2.23. The molecule has 0 aromatic heterocycles. The minimum atomic E-state index is -3.83. The second kappa shape index (κ2) is 6.85. The molecule has 0 aliphatic heterocycles. The van der Waals surface area contributed by atoms with Gasteiger partial charge in [0.25, 0.3) is 10.0 Å². The maximum absolute atomic E-state index is 12.6. The van der Waals surface area contributed by atoms with Crippen LogP contribution >= 0.6 is 0 Å². The highest BCUT2D eigenvalue weighted by Gasteiger charge is 2.17. The van der Waals surface area contributed by atoms with Gasteiger partial charge < -0.3 is 21.9 Å². The quantitative estimate of drug-likeness (QED) is 0.510. The number of hydrogen-bond acceptors (Lipinski definition) is 6. The van der Waals surface area contributed by atoms with Crippen molar-refractivity contribution >= 4 is 32.8 Å². The Morgan fingerprint density at radius 1 is 0.731 bits per heavy atom. The summed E-state index contributed by atoms with van der Waals surface area (Å²) < 4.78 is 33.5. The van der Waals surface area contributed by atoms with E-state index in [1.165, 1.54) is 30.3 Å². The van der Waals surface area contributed by atoms with E-state index >= 15 is 0 Å². The van der Waals surface area contributed by atoms with E-state index in [4.69, 9.17) is 21.9 Å². The number of nitrogens with one attached hydrogen (secondary N) is 1. The van der Waals surface area contributed by atoms with Gasteiger partial charge in [0, 0.05) is 17.1 Å². The van der Waals surface area contributed by atoms with E-state index in [0.29, 0.717) is 28.6 Å². The molecule has 0 heterocycles. The molecule has 3 aromatic rings. The number of hydrogen-bond donors (Lipinski definition) is 4. The molecule has 0 saturated heterocycles. The summed E-state index contributed by atoms with van der Waals surface area (Å²) in [7, 11) is -3.83. The summed E-state index contributed by atoms with van der Waals surface area (Å²) in [5, 5.41) is 0. The lowest BCUT2D eigenvalue weighted by molar-refractivity contribution is 0.485. The molecule has 26 heavy (non-hydrogen) atoms. The standard InChI is InChI=1S/C18H18N4O3S/c19-12-1-6-15(7-2-12)25-18-10-5-14(21)11-17(18)22-26(23,24)16-8-3-13(20)4-9-16/h1-11,22H,19-21H2. The predicted octanol–water partition coefficient (Wildman–Crippen LogP) is 3.03. The number of sulfonamides is 1. The maximum Gasteiger partial charge on any atom is 0.262 e. The maximum atomic E-state index is 12.6. The number of rotatable bonds is 5.